The van der Waals surface area contributed by atoms with Crippen LogP contribution in [-0.4, -0.2) is 8.42 Å². The first-order chi connectivity index (χ1) is 9.92. The molecule has 0 fully saturated rings. The number of nitrogens with two attached hydrogens (primary N) is 1. The zero-order valence-corrected chi connectivity index (χ0v) is 12.4. The number of sulfonamides is 1. The maximum atomic E-state index is 12.8. The highest BCUT2D eigenvalue weighted by Gasteiger charge is 2.18. The Morgan fingerprint density at radius 1 is 1.10 bits per heavy atom. The van der Waals surface area contributed by atoms with E-state index in [0.29, 0.717) is 6.54 Å². The molecule has 2 aromatic rings. The lowest BCUT2D eigenvalue weighted by molar-refractivity contribution is 0.566. The van der Waals surface area contributed by atoms with Crippen molar-refractivity contribution in [3.05, 3.63) is 65.5 Å². The minimum absolute atomic E-state index is 0.0364. The fourth-order valence-corrected chi connectivity index (χ4v) is 3.16. The monoisotopic (exact) mass is 308 g/mol. The lowest BCUT2D eigenvalue weighted by atomic mass is 10.1. The predicted molar refractivity (Wildman–Crippen MR) is 79.5 cm³/mol. The third-order valence-corrected chi connectivity index (χ3v) is 4.73. The van der Waals surface area contributed by atoms with Gasteiger partial charge in [-0.3, -0.25) is 0 Å². The van der Waals surface area contributed by atoms with Crippen LogP contribution in [0.5, 0.6) is 0 Å². The molecule has 2 rings (SSSR count). The number of halogens is 1. The molecule has 0 bridgehead atoms. The summed E-state index contributed by atoms with van der Waals surface area (Å²) in [7, 11) is -3.68. The quantitative estimate of drug-likeness (QED) is 0.890. The van der Waals surface area contributed by atoms with E-state index in [2.05, 4.69) is 4.72 Å². The molecule has 4 nitrogen and oxygen atoms in total. The molecule has 0 aromatic heterocycles. The lowest BCUT2D eigenvalue weighted by Crippen LogP contribution is -2.26. The van der Waals surface area contributed by atoms with E-state index in [1.54, 1.807) is 6.92 Å². The van der Waals surface area contributed by atoms with E-state index in [4.69, 9.17) is 5.73 Å². The Balaban J connectivity index is 2.17. The average Bonchev–Trinajstić information content (AvgIpc) is 2.47. The van der Waals surface area contributed by atoms with Gasteiger partial charge in [-0.05, 0) is 42.3 Å². The van der Waals surface area contributed by atoms with Gasteiger partial charge in [0.25, 0.3) is 0 Å². The first-order valence-corrected chi connectivity index (χ1v) is 7.97. The molecule has 1 unspecified atom stereocenters. The van der Waals surface area contributed by atoms with Crippen molar-refractivity contribution in [2.24, 2.45) is 5.73 Å². The van der Waals surface area contributed by atoms with E-state index in [-0.39, 0.29) is 4.90 Å². The smallest absolute Gasteiger partial charge is 0.241 e. The van der Waals surface area contributed by atoms with E-state index >= 15 is 0 Å². The molecule has 0 amide bonds. The molecule has 2 aromatic carbocycles. The molecule has 6 heteroatoms. The van der Waals surface area contributed by atoms with E-state index in [0.717, 1.165) is 23.3 Å². The van der Waals surface area contributed by atoms with Crippen molar-refractivity contribution in [3.8, 4) is 0 Å². The summed E-state index contributed by atoms with van der Waals surface area (Å²) in [5.41, 5.74) is 7.33. The molecule has 112 valence electrons. The van der Waals surface area contributed by atoms with Crippen LogP contribution in [0.3, 0.4) is 0 Å². The minimum atomic E-state index is -3.68. The van der Waals surface area contributed by atoms with Crippen molar-refractivity contribution in [1.29, 1.82) is 0 Å². The SMILES string of the molecule is CC(NS(=O)(=O)c1ccc(F)cc1)c1ccc(CN)cc1. The topological polar surface area (TPSA) is 72.2 Å². The van der Waals surface area contributed by atoms with Crippen molar-refractivity contribution in [2.45, 2.75) is 24.4 Å². The fourth-order valence-electron chi connectivity index (χ4n) is 1.92. The summed E-state index contributed by atoms with van der Waals surface area (Å²) in [5.74, 6) is -0.473. The Morgan fingerprint density at radius 3 is 2.19 bits per heavy atom. The van der Waals surface area contributed by atoms with Gasteiger partial charge in [-0.2, -0.15) is 0 Å². The molecule has 0 aliphatic rings. The highest BCUT2D eigenvalue weighted by atomic mass is 32.2. The van der Waals surface area contributed by atoms with Gasteiger partial charge in [0.15, 0.2) is 0 Å². The number of hydrogen-bond donors (Lipinski definition) is 2. The third-order valence-electron chi connectivity index (χ3n) is 3.17. The summed E-state index contributed by atoms with van der Waals surface area (Å²) < 4.78 is 39.8. The van der Waals surface area contributed by atoms with Gasteiger partial charge in [-0.15, -0.1) is 0 Å². The summed E-state index contributed by atoms with van der Waals surface area (Å²) in [6.07, 6.45) is 0. The maximum absolute atomic E-state index is 12.8. The molecule has 0 aliphatic carbocycles. The van der Waals surface area contributed by atoms with Gasteiger partial charge in [0.1, 0.15) is 5.82 Å². The largest absolute Gasteiger partial charge is 0.326 e. The van der Waals surface area contributed by atoms with Crippen LogP contribution < -0.4 is 10.5 Å². The Morgan fingerprint density at radius 2 is 1.67 bits per heavy atom. The van der Waals surface area contributed by atoms with E-state index < -0.39 is 21.9 Å². The minimum Gasteiger partial charge on any atom is -0.326 e. The molecule has 3 N–H and O–H groups in total. The second-order valence-corrected chi connectivity index (χ2v) is 6.46. The molecular formula is C15H17FN2O2S. The van der Waals surface area contributed by atoms with E-state index in [1.165, 1.54) is 12.1 Å². The molecule has 0 saturated heterocycles. The fraction of sp³-hybridized carbons (Fsp3) is 0.200. The number of nitrogens with one attached hydrogen (secondary N) is 1. The lowest BCUT2D eigenvalue weighted by Gasteiger charge is -2.15. The highest BCUT2D eigenvalue weighted by molar-refractivity contribution is 7.89. The zero-order valence-electron chi connectivity index (χ0n) is 11.6. The van der Waals surface area contributed by atoms with Crippen LogP contribution in [-0.2, 0) is 16.6 Å². The molecule has 1 atom stereocenters. The summed E-state index contributed by atoms with van der Waals surface area (Å²) in [5, 5.41) is 0. The van der Waals surface area contributed by atoms with Crippen LogP contribution in [0.4, 0.5) is 4.39 Å². The van der Waals surface area contributed by atoms with Crippen LogP contribution in [0, 0.1) is 5.82 Å². The Bertz CT molecular complexity index is 697. The summed E-state index contributed by atoms with van der Waals surface area (Å²) in [6.45, 7) is 2.19. The van der Waals surface area contributed by atoms with Gasteiger partial charge < -0.3 is 5.73 Å². The Labute approximate surface area is 123 Å². The highest BCUT2D eigenvalue weighted by Crippen LogP contribution is 2.17. The first kappa shape index (κ1) is 15.6. The number of benzene rings is 2. The molecule has 21 heavy (non-hydrogen) atoms. The predicted octanol–water partition coefficient (Wildman–Crippen LogP) is 2.32. The second kappa shape index (κ2) is 6.34. The van der Waals surface area contributed by atoms with Gasteiger partial charge in [0.05, 0.1) is 4.90 Å². The van der Waals surface area contributed by atoms with Crippen LogP contribution in [0.25, 0.3) is 0 Å². The summed E-state index contributed by atoms with van der Waals surface area (Å²) >= 11 is 0. The molecule has 0 saturated carbocycles. The van der Waals surface area contributed by atoms with Gasteiger partial charge >= 0.3 is 0 Å². The van der Waals surface area contributed by atoms with Crippen LogP contribution in [0.2, 0.25) is 0 Å². The Hall–Kier alpha value is -1.76. The maximum Gasteiger partial charge on any atom is 0.241 e. The average molecular weight is 308 g/mol. The van der Waals surface area contributed by atoms with Crippen molar-refractivity contribution < 1.29 is 12.8 Å². The van der Waals surface area contributed by atoms with Crippen molar-refractivity contribution in [2.75, 3.05) is 0 Å². The second-order valence-electron chi connectivity index (χ2n) is 4.74. The first-order valence-electron chi connectivity index (χ1n) is 6.49. The number of hydrogen-bond acceptors (Lipinski definition) is 3. The van der Waals surface area contributed by atoms with Gasteiger partial charge in [-0.1, -0.05) is 24.3 Å². The molecular weight excluding hydrogens is 291 g/mol. The molecule has 0 aliphatic heterocycles. The standard InChI is InChI=1S/C15H17FN2O2S/c1-11(13-4-2-12(10-17)3-5-13)18-21(19,20)15-8-6-14(16)7-9-15/h2-9,11,18H,10,17H2,1H3. The van der Waals surface area contributed by atoms with E-state index in [9.17, 15) is 12.8 Å². The van der Waals surface area contributed by atoms with Crippen LogP contribution >= 0.6 is 0 Å². The third kappa shape index (κ3) is 3.87. The molecule has 0 heterocycles. The zero-order chi connectivity index (χ0) is 15.5. The van der Waals surface area contributed by atoms with Gasteiger partial charge in [-0.25, -0.2) is 17.5 Å². The van der Waals surface area contributed by atoms with Gasteiger partial charge in [0, 0.05) is 12.6 Å². The van der Waals surface area contributed by atoms with Crippen LogP contribution in [0.15, 0.2) is 53.4 Å². The number of rotatable bonds is 5. The molecule has 0 radical (unpaired) electrons. The summed E-state index contributed by atoms with van der Waals surface area (Å²) in [6, 6.07) is 11.7. The van der Waals surface area contributed by atoms with Crippen LogP contribution in [0.1, 0.15) is 24.1 Å². The van der Waals surface area contributed by atoms with Crippen molar-refractivity contribution in [3.63, 3.8) is 0 Å². The summed E-state index contributed by atoms with van der Waals surface area (Å²) in [4.78, 5) is 0.0364. The normalized spacial score (nSPS) is 13.1. The molecule has 0 spiro atoms. The van der Waals surface area contributed by atoms with E-state index in [1.807, 2.05) is 24.3 Å². The van der Waals surface area contributed by atoms with Crippen molar-refractivity contribution >= 4 is 10.0 Å². The Kier molecular flexibility index (Phi) is 4.72. The van der Waals surface area contributed by atoms with Gasteiger partial charge in [0.2, 0.25) is 10.0 Å². The van der Waals surface area contributed by atoms with Crippen molar-refractivity contribution in [1.82, 2.24) is 4.72 Å².